The van der Waals surface area contributed by atoms with Gasteiger partial charge in [0.1, 0.15) is 17.4 Å². The van der Waals surface area contributed by atoms with E-state index in [4.69, 9.17) is 0 Å². The smallest absolute Gasteiger partial charge is 0.298 e. The number of nitrogens with zero attached hydrogens (tertiary/aromatic N) is 3. The Kier molecular flexibility index (Phi) is 5.36. The van der Waals surface area contributed by atoms with Crippen molar-refractivity contribution in [3.63, 3.8) is 0 Å². The van der Waals surface area contributed by atoms with Gasteiger partial charge in [0.05, 0.1) is 0 Å². The van der Waals surface area contributed by atoms with E-state index in [2.05, 4.69) is 83.0 Å². The minimum absolute atomic E-state index is 0.150. The zero-order valence-electron chi connectivity index (χ0n) is 17.6. The van der Waals surface area contributed by atoms with Gasteiger partial charge < -0.3 is 4.98 Å². The van der Waals surface area contributed by atoms with Crippen LogP contribution in [0.1, 0.15) is 38.8 Å². The molecule has 0 fully saturated rings. The molecule has 0 saturated heterocycles. The van der Waals surface area contributed by atoms with E-state index < -0.39 is 0 Å². The first-order chi connectivity index (χ1) is 14.2. The van der Waals surface area contributed by atoms with Gasteiger partial charge in [-0.25, -0.2) is 4.98 Å². The molecule has 154 valence electrons. The Hall–Kier alpha value is -2.73. The third-order valence-electron chi connectivity index (χ3n) is 5.27. The maximum absolute atomic E-state index is 12.9. The zero-order valence-corrected chi connectivity index (χ0v) is 19.2. The van der Waals surface area contributed by atoms with Crippen molar-refractivity contribution in [3.8, 4) is 0 Å². The highest BCUT2D eigenvalue weighted by Crippen LogP contribution is 2.25. The molecule has 2 aromatic carbocycles. The average Bonchev–Trinajstić information content (AvgIpc) is 3.06. The Bertz CT molecular complexity index is 1290. The van der Waals surface area contributed by atoms with Crippen molar-refractivity contribution in [2.24, 2.45) is 11.0 Å². The Labute approximate surface area is 184 Å². The number of benzene rings is 2. The quantitative estimate of drug-likeness (QED) is 0.396. The van der Waals surface area contributed by atoms with Crippen LogP contribution < -0.4 is 5.56 Å². The van der Waals surface area contributed by atoms with Gasteiger partial charge in [-0.2, -0.15) is 9.78 Å². The Morgan fingerprint density at radius 3 is 2.63 bits per heavy atom. The molecule has 2 heterocycles. The monoisotopic (exact) mass is 464 g/mol. The van der Waals surface area contributed by atoms with Crippen molar-refractivity contribution >= 4 is 44.1 Å². The van der Waals surface area contributed by atoms with Crippen LogP contribution in [0.3, 0.4) is 0 Å². The minimum Gasteiger partial charge on any atom is -0.349 e. The fourth-order valence-electron chi connectivity index (χ4n) is 3.55. The van der Waals surface area contributed by atoms with Crippen molar-refractivity contribution in [1.29, 1.82) is 0 Å². The van der Waals surface area contributed by atoms with Crippen molar-refractivity contribution in [2.75, 3.05) is 0 Å². The third-order valence-corrected chi connectivity index (χ3v) is 5.77. The Balaban J connectivity index is 1.55. The van der Waals surface area contributed by atoms with Crippen molar-refractivity contribution in [1.82, 2.24) is 14.6 Å². The lowest BCUT2D eigenvalue weighted by atomic mass is 9.86. The number of nitrogens with one attached hydrogen (secondary N) is 1. The summed E-state index contributed by atoms with van der Waals surface area (Å²) in [5.41, 5.74) is 4.53. The maximum Gasteiger partial charge on any atom is 0.298 e. The van der Waals surface area contributed by atoms with E-state index in [-0.39, 0.29) is 16.9 Å². The lowest BCUT2D eigenvalue weighted by Crippen LogP contribution is -2.18. The predicted octanol–water partition coefficient (Wildman–Crippen LogP) is 5.65. The van der Waals surface area contributed by atoms with E-state index in [9.17, 15) is 4.79 Å². The molecule has 0 spiro atoms. The summed E-state index contributed by atoms with van der Waals surface area (Å²) in [6, 6.07) is 14.6. The molecule has 1 atom stereocenters. The molecular formula is C24H25BrN4O. The first kappa shape index (κ1) is 20.5. The molecule has 0 saturated carbocycles. The fourth-order valence-corrected chi connectivity index (χ4v) is 3.91. The van der Waals surface area contributed by atoms with Gasteiger partial charge in [0.2, 0.25) is 0 Å². The fraction of sp³-hybridized carbons (Fsp3) is 0.292. The number of aromatic amines is 1. The highest BCUT2D eigenvalue weighted by atomic mass is 79.9. The first-order valence-electron chi connectivity index (χ1n) is 10.0. The number of hydrogen-bond donors (Lipinski definition) is 1. The molecule has 0 aliphatic heterocycles. The van der Waals surface area contributed by atoms with Gasteiger partial charge in [-0.1, -0.05) is 67.9 Å². The third kappa shape index (κ3) is 4.10. The number of aromatic nitrogens is 3. The second-order valence-electron chi connectivity index (χ2n) is 8.83. The van der Waals surface area contributed by atoms with Crippen LogP contribution in [0.5, 0.6) is 0 Å². The van der Waals surface area contributed by atoms with Gasteiger partial charge in [-0.15, -0.1) is 0 Å². The molecule has 0 bridgehead atoms. The van der Waals surface area contributed by atoms with Gasteiger partial charge in [0.15, 0.2) is 0 Å². The van der Waals surface area contributed by atoms with E-state index in [0.29, 0.717) is 11.0 Å². The van der Waals surface area contributed by atoms with E-state index in [1.165, 1.54) is 22.1 Å². The number of halogens is 1. The second kappa shape index (κ2) is 7.84. The molecule has 1 N–H and O–H groups in total. The Morgan fingerprint density at radius 1 is 1.20 bits per heavy atom. The summed E-state index contributed by atoms with van der Waals surface area (Å²) >= 11 is 3.47. The topological polar surface area (TPSA) is 63.0 Å². The van der Waals surface area contributed by atoms with Crippen molar-refractivity contribution in [3.05, 3.63) is 74.7 Å². The molecular weight excluding hydrogens is 440 g/mol. The maximum atomic E-state index is 12.9. The molecule has 30 heavy (non-hydrogen) atoms. The first-order valence-corrected chi connectivity index (χ1v) is 10.8. The van der Waals surface area contributed by atoms with E-state index in [0.717, 1.165) is 21.8 Å². The molecule has 4 rings (SSSR count). The van der Waals surface area contributed by atoms with E-state index in [1.807, 2.05) is 24.4 Å². The van der Waals surface area contributed by atoms with E-state index >= 15 is 0 Å². The van der Waals surface area contributed by atoms with Crippen LogP contribution in [0, 0.1) is 5.92 Å². The summed E-state index contributed by atoms with van der Waals surface area (Å²) in [5, 5.41) is 5.30. The van der Waals surface area contributed by atoms with Gasteiger partial charge >= 0.3 is 0 Å². The molecule has 2 aromatic heterocycles. The molecule has 0 aliphatic carbocycles. The molecule has 4 aromatic rings. The lowest BCUT2D eigenvalue weighted by molar-refractivity contribution is 0.589. The van der Waals surface area contributed by atoms with Gasteiger partial charge in [-0.3, -0.25) is 4.79 Å². The van der Waals surface area contributed by atoms with Crippen LogP contribution in [-0.2, 0) is 11.8 Å². The normalized spacial score (nSPS) is 13.5. The average molecular weight is 465 g/mol. The summed E-state index contributed by atoms with van der Waals surface area (Å²) in [4.78, 5) is 20.5. The SMILES string of the molecule is CC(C=Nn1cnc2c([nH]c3ccc(Br)cc32)c1=O)Cc1ccc(C(C)(C)C)cc1. The summed E-state index contributed by atoms with van der Waals surface area (Å²) in [6.07, 6.45) is 4.16. The highest BCUT2D eigenvalue weighted by molar-refractivity contribution is 9.10. The van der Waals surface area contributed by atoms with Gasteiger partial charge in [-0.05, 0) is 47.1 Å². The van der Waals surface area contributed by atoms with Crippen molar-refractivity contribution < 1.29 is 0 Å². The number of fused-ring (bicyclic) bond motifs is 3. The molecule has 0 aliphatic rings. The highest BCUT2D eigenvalue weighted by Gasteiger charge is 2.13. The zero-order chi connectivity index (χ0) is 21.5. The van der Waals surface area contributed by atoms with Crippen LogP contribution in [0.4, 0.5) is 0 Å². The molecule has 1 unspecified atom stereocenters. The summed E-state index contributed by atoms with van der Waals surface area (Å²) in [6.45, 7) is 8.74. The van der Waals surface area contributed by atoms with Crippen molar-refractivity contribution in [2.45, 2.75) is 39.5 Å². The summed E-state index contributed by atoms with van der Waals surface area (Å²) in [7, 11) is 0. The van der Waals surface area contributed by atoms with E-state index in [1.54, 1.807) is 0 Å². The lowest BCUT2D eigenvalue weighted by Gasteiger charge is -2.19. The standard InChI is InChI=1S/C24H25BrN4O/c1-15(11-16-5-7-17(8-6-16)24(2,3)4)13-27-29-14-26-21-19-12-18(25)9-10-20(19)28-22(21)23(29)30/h5-10,12-15,28H,11H2,1-4H3. The molecule has 0 radical (unpaired) electrons. The van der Waals surface area contributed by atoms with Crippen LogP contribution in [0.2, 0.25) is 0 Å². The summed E-state index contributed by atoms with van der Waals surface area (Å²) in [5.74, 6) is 0.187. The second-order valence-corrected chi connectivity index (χ2v) is 9.74. The number of hydrogen-bond acceptors (Lipinski definition) is 3. The molecule has 6 heteroatoms. The van der Waals surface area contributed by atoms with Gasteiger partial charge in [0.25, 0.3) is 5.56 Å². The molecule has 5 nitrogen and oxygen atoms in total. The number of H-pyrrole nitrogens is 1. The predicted molar refractivity (Wildman–Crippen MR) is 127 cm³/mol. The Morgan fingerprint density at radius 2 is 1.93 bits per heavy atom. The minimum atomic E-state index is -0.203. The van der Waals surface area contributed by atoms with Crippen LogP contribution in [-0.4, -0.2) is 20.9 Å². The largest absolute Gasteiger partial charge is 0.349 e. The summed E-state index contributed by atoms with van der Waals surface area (Å²) < 4.78 is 2.25. The van der Waals surface area contributed by atoms with Crippen LogP contribution >= 0.6 is 15.9 Å². The number of rotatable bonds is 4. The van der Waals surface area contributed by atoms with Crippen LogP contribution in [0.25, 0.3) is 21.9 Å². The molecule has 0 amide bonds. The van der Waals surface area contributed by atoms with Gasteiger partial charge in [0, 0.05) is 21.6 Å². The van der Waals surface area contributed by atoms with Crippen LogP contribution in [0.15, 0.2) is 63.2 Å².